The summed E-state index contributed by atoms with van der Waals surface area (Å²) in [6.45, 7) is 1.35. The summed E-state index contributed by atoms with van der Waals surface area (Å²) in [5, 5.41) is 10.9. The second-order valence-corrected chi connectivity index (χ2v) is 6.07. The molecule has 0 radical (unpaired) electrons. The van der Waals surface area contributed by atoms with Crippen LogP contribution in [0.4, 0.5) is 15.8 Å². The Hall–Kier alpha value is -1.70. The summed E-state index contributed by atoms with van der Waals surface area (Å²) in [6.07, 6.45) is 0. The van der Waals surface area contributed by atoms with E-state index < -0.39 is 31.2 Å². The summed E-state index contributed by atoms with van der Waals surface area (Å²) in [6, 6.07) is 1.63. The molecule has 0 aliphatic heterocycles. The third kappa shape index (κ3) is 2.58. The lowest BCUT2D eigenvalue weighted by Crippen LogP contribution is -2.14. The van der Waals surface area contributed by atoms with Crippen LogP contribution in [-0.2, 0) is 9.84 Å². The maximum absolute atomic E-state index is 13.7. The molecular formula is C10H13FN2O4S. The second kappa shape index (κ2) is 4.89. The Kier molecular flexibility index (Phi) is 3.90. The number of rotatable bonds is 4. The third-order valence-corrected chi connectivity index (χ3v) is 4.17. The topological polar surface area (TPSA) is 80.5 Å². The molecule has 1 aromatic rings. The van der Waals surface area contributed by atoms with Gasteiger partial charge in [-0.3, -0.25) is 10.1 Å². The first-order chi connectivity index (χ1) is 8.20. The zero-order chi connectivity index (χ0) is 14.1. The highest BCUT2D eigenvalue weighted by molar-refractivity contribution is 7.91. The minimum Gasteiger partial charge on any atom is -0.372 e. The predicted octanol–water partition coefficient (Wildman–Crippen LogP) is 1.59. The molecule has 0 saturated carbocycles. The van der Waals surface area contributed by atoms with Crippen molar-refractivity contribution in [1.82, 2.24) is 0 Å². The highest BCUT2D eigenvalue weighted by Crippen LogP contribution is 2.32. The Morgan fingerprint density at radius 2 is 1.94 bits per heavy atom. The zero-order valence-corrected chi connectivity index (χ0v) is 11.0. The summed E-state index contributed by atoms with van der Waals surface area (Å²) in [4.78, 5) is 10.8. The fourth-order valence-corrected chi connectivity index (χ4v) is 2.39. The van der Waals surface area contributed by atoms with Crippen LogP contribution in [0.25, 0.3) is 0 Å². The van der Waals surface area contributed by atoms with Gasteiger partial charge < -0.3 is 4.90 Å². The molecule has 6 nitrogen and oxygen atoms in total. The fraction of sp³-hybridized carbons (Fsp3) is 0.400. The van der Waals surface area contributed by atoms with Crippen molar-refractivity contribution in [2.75, 3.05) is 24.7 Å². The molecule has 0 aliphatic rings. The van der Waals surface area contributed by atoms with Gasteiger partial charge in [0.05, 0.1) is 10.7 Å². The van der Waals surface area contributed by atoms with Crippen LogP contribution in [0.1, 0.15) is 6.92 Å². The van der Waals surface area contributed by atoms with Crippen LogP contribution in [0.5, 0.6) is 0 Å². The molecule has 0 unspecified atom stereocenters. The Bertz CT molecular complexity index is 584. The van der Waals surface area contributed by atoms with Gasteiger partial charge in [0.25, 0.3) is 5.69 Å². The third-order valence-electron chi connectivity index (χ3n) is 2.42. The maximum Gasteiger partial charge on any atom is 0.294 e. The van der Waals surface area contributed by atoms with Gasteiger partial charge in [-0.05, 0) is 0 Å². The first-order valence-electron chi connectivity index (χ1n) is 5.08. The second-order valence-electron chi connectivity index (χ2n) is 3.83. The number of halogens is 1. The summed E-state index contributed by atoms with van der Waals surface area (Å²) in [7, 11) is -0.806. The minimum atomic E-state index is -3.83. The molecule has 0 spiro atoms. The zero-order valence-electron chi connectivity index (χ0n) is 10.2. The lowest BCUT2D eigenvalue weighted by molar-refractivity contribution is -0.384. The summed E-state index contributed by atoms with van der Waals surface area (Å²) in [5.41, 5.74) is -0.416. The standard InChI is InChI=1S/C10H13FN2O4S/c1-4-18(16,17)10-6-9(13(14)15)8(12(2)3)5-7(10)11/h5-6H,4H2,1-3H3. The molecule has 0 amide bonds. The van der Waals surface area contributed by atoms with Gasteiger partial charge in [-0.25, -0.2) is 12.8 Å². The number of sulfone groups is 1. The smallest absolute Gasteiger partial charge is 0.294 e. The molecule has 1 rings (SSSR count). The van der Waals surface area contributed by atoms with Gasteiger partial charge in [0.15, 0.2) is 9.84 Å². The van der Waals surface area contributed by atoms with Gasteiger partial charge in [0.1, 0.15) is 16.4 Å². The van der Waals surface area contributed by atoms with Crippen molar-refractivity contribution in [2.45, 2.75) is 11.8 Å². The highest BCUT2D eigenvalue weighted by Gasteiger charge is 2.25. The number of nitro groups is 1. The molecule has 0 atom stereocenters. The number of hydrogen-bond acceptors (Lipinski definition) is 5. The lowest BCUT2D eigenvalue weighted by Gasteiger charge is -2.14. The molecule has 100 valence electrons. The molecule has 0 bridgehead atoms. The number of nitro benzene ring substituents is 1. The molecular weight excluding hydrogens is 263 g/mol. The highest BCUT2D eigenvalue weighted by atomic mass is 32.2. The van der Waals surface area contributed by atoms with E-state index in [4.69, 9.17) is 0 Å². The van der Waals surface area contributed by atoms with Gasteiger partial charge >= 0.3 is 0 Å². The molecule has 0 fully saturated rings. The average Bonchev–Trinajstić information content (AvgIpc) is 2.27. The average molecular weight is 276 g/mol. The largest absolute Gasteiger partial charge is 0.372 e. The SMILES string of the molecule is CCS(=O)(=O)c1cc([N+](=O)[O-])c(N(C)C)cc1F. The van der Waals surface area contributed by atoms with Crippen LogP contribution in [0.2, 0.25) is 0 Å². The van der Waals surface area contributed by atoms with Crippen molar-refractivity contribution in [1.29, 1.82) is 0 Å². The van der Waals surface area contributed by atoms with Crippen molar-refractivity contribution < 1.29 is 17.7 Å². The lowest BCUT2D eigenvalue weighted by atomic mass is 10.2. The van der Waals surface area contributed by atoms with Crippen LogP contribution >= 0.6 is 0 Å². The first-order valence-corrected chi connectivity index (χ1v) is 6.74. The van der Waals surface area contributed by atoms with E-state index >= 15 is 0 Å². The van der Waals surface area contributed by atoms with Gasteiger partial charge in [-0.1, -0.05) is 6.92 Å². The van der Waals surface area contributed by atoms with E-state index in [0.29, 0.717) is 0 Å². The van der Waals surface area contributed by atoms with Crippen molar-refractivity contribution in [3.05, 3.63) is 28.1 Å². The minimum absolute atomic E-state index is 0.0209. The van der Waals surface area contributed by atoms with E-state index in [1.165, 1.54) is 25.9 Å². The van der Waals surface area contributed by atoms with Crippen LogP contribution < -0.4 is 4.90 Å². The predicted molar refractivity (Wildman–Crippen MR) is 65.1 cm³/mol. The Morgan fingerprint density at radius 3 is 2.33 bits per heavy atom. The van der Waals surface area contributed by atoms with Crippen molar-refractivity contribution in [3.8, 4) is 0 Å². The van der Waals surface area contributed by atoms with Crippen LogP contribution in [-0.4, -0.2) is 33.2 Å². The van der Waals surface area contributed by atoms with E-state index in [-0.39, 0.29) is 11.4 Å². The van der Waals surface area contributed by atoms with E-state index in [0.717, 1.165) is 12.1 Å². The molecule has 0 heterocycles. The van der Waals surface area contributed by atoms with Crippen molar-refractivity contribution in [3.63, 3.8) is 0 Å². The monoisotopic (exact) mass is 276 g/mol. The Morgan fingerprint density at radius 1 is 1.39 bits per heavy atom. The van der Waals surface area contributed by atoms with Crippen LogP contribution in [0.15, 0.2) is 17.0 Å². The quantitative estimate of drug-likeness (QED) is 0.616. The number of benzene rings is 1. The van der Waals surface area contributed by atoms with E-state index in [2.05, 4.69) is 0 Å². The molecule has 0 saturated heterocycles. The number of nitrogens with zero attached hydrogens (tertiary/aromatic N) is 2. The summed E-state index contributed by atoms with van der Waals surface area (Å²) in [5.74, 6) is -1.30. The van der Waals surface area contributed by atoms with Crippen LogP contribution in [0.3, 0.4) is 0 Å². The van der Waals surface area contributed by atoms with E-state index in [9.17, 15) is 22.9 Å². The van der Waals surface area contributed by atoms with Crippen molar-refractivity contribution in [2.24, 2.45) is 0 Å². The molecule has 1 aromatic carbocycles. The Labute approximate surface area is 104 Å². The molecule has 0 aliphatic carbocycles. The maximum atomic E-state index is 13.7. The van der Waals surface area contributed by atoms with Crippen LogP contribution in [0, 0.1) is 15.9 Å². The molecule has 8 heteroatoms. The summed E-state index contributed by atoms with van der Waals surface area (Å²) < 4.78 is 36.9. The van der Waals surface area contributed by atoms with E-state index in [1.54, 1.807) is 0 Å². The normalized spacial score (nSPS) is 11.3. The Balaban J connectivity index is 3.61. The van der Waals surface area contributed by atoms with Crippen molar-refractivity contribution >= 4 is 21.2 Å². The first kappa shape index (κ1) is 14.4. The van der Waals surface area contributed by atoms with Gasteiger partial charge in [-0.15, -0.1) is 0 Å². The van der Waals surface area contributed by atoms with E-state index in [1.807, 2.05) is 0 Å². The van der Waals surface area contributed by atoms with Gasteiger partial charge in [0, 0.05) is 26.2 Å². The molecule has 0 N–H and O–H groups in total. The number of anilines is 1. The summed E-state index contributed by atoms with van der Waals surface area (Å²) >= 11 is 0. The van der Waals surface area contributed by atoms with Gasteiger partial charge in [-0.2, -0.15) is 0 Å². The molecule has 0 aromatic heterocycles. The fourth-order valence-electron chi connectivity index (χ4n) is 1.43. The van der Waals surface area contributed by atoms with Gasteiger partial charge in [0.2, 0.25) is 0 Å². The number of hydrogen-bond donors (Lipinski definition) is 0. The molecule has 18 heavy (non-hydrogen) atoms.